The van der Waals surface area contributed by atoms with Crippen LogP contribution in [0.3, 0.4) is 0 Å². The lowest BCUT2D eigenvalue weighted by molar-refractivity contribution is -0.0601. The summed E-state index contributed by atoms with van der Waals surface area (Å²) in [6.07, 6.45) is 5.08. The quantitative estimate of drug-likeness (QED) is 0.910. The maximum Gasteiger partial charge on any atom is 0.254 e. The molecule has 2 saturated heterocycles. The van der Waals surface area contributed by atoms with Crippen molar-refractivity contribution < 1.29 is 9.90 Å². The van der Waals surface area contributed by atoms with Gasteiger partial charge in [0.15, 0.2) is 0 Å². The van der Waals surface area contributed by atoms with Crippen LogP contribution in [0.15, 0.2) is 30.5 Å². The maximum atomic E-state index is 13.2. The summed E-state index contributed by atoms with van der Waals surface area (Å²) >= 11 is 0. The van der Waals surface area contributed by atoms with Crippen molar-refractivity contribution in [1.29, 1.82) is 0 Å². The van der Waals surface area contributed by atoms with Crippen LogP contribution in [0.5, 0.6) is 0 Å². The molecule has 1 aromatic carbocycles. The predicted molar refractivity (Wildman–Crippen MR) is 98.6 cm³/mol. The van der Waals surface area contributed by atoms with Gasteiger partial charge >= 0.3 is 0 Å². The van der Waals surface area contributed by atoms with E-state index in [1.165, 1.54) is 0 Å². The number of amides is 1. The topological polar surface area (TPSA) is 48.7 Å². The number of aromatic nitrogens is 1. The van der Waals surface area contributed by atoms with Gasteiger partial charge in [0, 0.05) is 54.3 Å². The first-order chi connectivity index (χ1) is 12.1. The molecule has 1 aromatic heterocycles. The molecule has 3 heterocycles. The van der Waals surface area contributed by atoms with Crippen LogP contribution in [0.4, 0.5) is 0 Å². The zero-order valence-electron chi connectivity index (χ0n) is 15.1. The monoisotopic (exact) mass is 341 g/mol. The van der Waals surface area contributed by atoms with Crippen molar-refractivity contribution in [1.82, 2.24) is 14.4 Å². The Balaban J connectivity index is 1.63. The molecule has 2 fully saturated rings. The highest BCUT2D eigenvalue weighted by atomic mass is 16.3. The molecule has 0 bridgehead atoms. The Morgan fingerprint density at radius 1 is 1.24 bits per heavy atom. The molecular weight excluding hydrogens is 314 g/mol. The minimum absolute atomic E-state index is 0.0392. The van der Waals surface area contributed by atoms with Gasteiger partial charge in [-0.1, -0.05) is 6.07 Å². The number of aliphatic hydroxyl groups is 1. The number of aryl methyl sites for hydroxylation is 1. The van der Waals surface area contributed by atoms with Gasteiger partial charge in [0.1, 0.15) is 0 Å². The summed E-state index contributed by atoms with van der Waals surface area (Å²) in [6, 6.07) is 8.22. The van der Waals surface area contributed by atoms with Crippen molar-refractivity contribution in [3.63, 3.8) is 0 Å². The van der Waals surface area contributed by atoms with E-state index in [0.717, 1.165) is 48.8 Å². The number of likely N-dealkylation sites (tertiary alicyclic amines) is 2. The normalized spacial score (nSPS) is 27.5. The van der Waals surface area contributed by atoms with Crippen LogP contribution in [-0.4, -0.2) is 64.7 Å². The van der Waals surface area contributed by atoms with Gasteiger partial charge in [-0.3, -0.25) is 4.79 Å². The van der Waals surface area contributed by atoms with Gasteiger partial charge < -0.3 is 19.5 Å². The van der Waals surface area contributed by atoms with Gasteiger partial charge in [0.2, 0.25) is 0 Å². The first kappa shape index (κ1) is 16.6. The van der Waals surface area contributed by atoms with E-state index in [9.17, 15) is 9.90 Å². The van der Waals surface area contributed by atoms with Crippen molar-refractivity contribution in [2.75, 3.05) is 33.3 Å². The zero-order valence-corrected chi connectivity index (χ0v) is 15.1. The Hall–Kier alpha value is -1.85. The number of benzene rings is 1. The number of piperidine rings is 2. The van der Waals surface area contributed by atoms with Crippen LogP contribution in [0, 0.1) is 5.41 Å². The second-order valence-corrected chi connectivity index (χ2v) is 7.79. The lowest BCUT2D eigenvalue weighted by Gasteiger charge is -2.53. The predicted octanol–water partition coefficient (Wildman–Crippen LogP) is 2.10. The van der Waals surface area contributed by atoms with Gasteiger partial charge in [-0.05, 0) is 51.1 Å². The number of fused-ring (bicyclic) bond motifs is 2. The number of carbonyl (C=O) groups excluding carboxylic acids is 1. The van der Waals surface area contributed by atoms with E-state index in [0.29, 0.717) is 6.54 Å². The number of carbonyl (C=O) groups is 1. The molecule has 0 unspecified atom stereocenters. The summed E-state index contributed by atoms with van der Waals surface area (Å²) in [5, 5.41) is 11.1. The largest absolute Gasteiger partial charge is 0.396 e. The van der Waals surface area contributed by atoms with Crippen LogP contribution >= 0.6 is 0 Å². The van der Waals surface area contributed by atoms with Crippen LogP contribution in [0.25, 0.3) is 10.9 Å². The number of aliphatic hydroxyl groups excluding tert-OH is 1. The Labute approximate surface area is 148 Å². The average Bonchev–Trinajstić information content (AvgIpc) is 3.02. The molecule has 0 saturated carbocycles. The van der Waals surface area contributed by atoms with Crippen molar-refractivity contribution in [3.05, 3.63) is 36.0 Å². The number of likely N-dealkylation sites (N-methyl/N-ethyl adjacent to an activating group) is 1. The summed E-state index contributed by atoms with van der Waals surface area (Å²) < 4.78 is 2.05. The van der Waals surface area contributed by atoms with Gasteiger partial charge in [0.05, 0.1) is 6.61 Å². The molecule has 134 valence electrons. The first-order valence-corrected chi connectivity index (χ1v) is 9.20. The molecule has 2 aromatic rings. The van der Waals surface area contributed by atoms with E-state index >= 15 is 0 Å². The molecule has 5 heteroatoms. The first-order valence-electron chi connectivity index (χ1n) is 9.20. The van der Waals surface area contributed by atoms with Gasteiger partial charge in [-0.15, -0.1) is 0 Å². The van der Waals surface area contributed by atoms with Crippen molar-refractivity contribution >= 4 is 16.8 Å². The minimum atomic E-state index is -0.0392. The molecule has 2 atom stereocenters. The smallest absolute Gasteiger partial charge is 0.254 e. The van der Waals surface area contributed by atoms with Crippen molar-refractivity contribution in [2.24, 2.45) is 12.5 Å². The third-order valence-electron chi connectivity index (χ3n) is 6.46. The highest BCUT2D eigenvalue weighted by Gasteiger charge is 2.47. The van der Waals surface area contributed by atoms with E-state index in [1.54, 1.807) is 0 Å². The Morgan fingerprint density at radius 3 is 2.88 bits per heavy atom. The summed E-state index contributed by atoms with van der Waals surface area (Å²) in [6.45, 7) is 2.70. The van der Waals surface area contributed by atoms with E-state index in [1.807, 2.05) is 47.0 Å². The number of nitrogens with zero attached hydrogens (tertiary/aromatic N) is 3. The molecule has 0 radical (unpaired) electrons. The zero-order chi connectivity index (χ0) is 17.6. The molecule has 0 spiro atoms. The second kappa shape index (κ2) is 6.15. The Kier molecular flexibility index (Phi) is 4.08. The average molecular weight is 341 g/mol. The van der Waals surface area contributed by atoms with E-state index in [4.69, 9.17) is 0 Å². The van der Waals surface area contributed by atoms with Crippen LogP contribution in [-0.2, 0) is 7.05 Å². The lowest BCUT2D eigenvalue weighted by atomic mass is 9.69. The molecule has 2 aliphatic heterocycles. The third-order valence-corrected chi connectivity index (χ3v) is 6.46. The third kappa shape index (κ3) is 2.57. The summed E-state index contributed by atoms with van der Waals surface area (Å²) in [5.74, 6) is 0.113. The van der Waals surface area contributed by atoms with E-state index < -0.39 is 0 Å². The molecular formula is C20H27N3O2. The van der Waals surface area contributed by atoms with Crippen molar-refractivity contribution in [2.45, 2.75) is 25.3 Å². The minimum Gasteiger partial charge on any atom is -0.396 e. The molecule has 2 aliphatic rings. The molecule has 1 amide bonds. The maximum absolute atomic E-state index is 13.2. The fourth-order valence-electron chi connectivity index (χ4n) is 4.86. The van der Waals surface area contributed by atoms with Crippen LogP contribution in [0.1, 0.15) is 29.6 Å². The Morgan fingerprint density at radius 2 is 2.08 bits per heavy atom. The highest BCUT2D eigenvalue weighted by molar-refractivity contribution is 6.06. The van der Waals surface area contributed by atoms with Crippen LogP contribution < -0.4 is 0 Å². The van der Waals surface area contributed by atoms with Gasteiger partial charge in [-0.25, -0.2) is 0 Å². The summed E-state index contributed by atoms with van der Waals surface area (Å²) in [5.41, 5.74) is 1.83. The van der Waals surface area contributed by atoms with E-state index in [-0.39, 0.29) is 24.0 Å². The number of hydrogen-bond acceptors (Lipinski definition) is 3. The Bertz CT molecular complexity index is 799. The standard InChI is InChI=1S/C20H27N3O2/c1-21-11-7-15-16(5-3-6-17(15)21)19(25)23-12-9-20(14-24)8-4-10-22(2)18(20)13-23/h3,5-7,11,18,24H,4,8-10,12-14H2,1-2H3/t18-,20-/m1/s1. The highest BCUT2D eigenvalue weighted by Crippen LogP contribution is 2.41. The number of rotatable bonds is 2. The van der Waals surface area contributed by atoms with Crippen molar-refractivity contribution in [3.8, 4) is 0 Å². The molecule has 5 nitrogen and oxygen atoms in total. The van der Waals surface area contributed by atoms with Gasteiger partial charge in [0.25, 0.3) is 5.91 Å². The van der Waals surface area contributed by atoms with E-state index in [2.05, 4.69) is 11.9 Å². The fraction of sp³-hybridized carbons (Fsp3) is 0.550. The number of hydrogen-bond donors (Lipinski definition) is 1. The fourth-order valence-corrected chi connectivity index (χ4v) is 4.86. The summed E-state index contributed by atoms with van der Waals surface area (Å²) in [7, 11) is 4.13. The molecule has 4 rings (SSSR count). The molecule has 25 heavy (non-hydrogen) atoms. The SMILES string of the molecule is CN1CCC[C@]2(CO)CCN(C(=O)c3cccc4c3ccn4C)C[C@@H]12. The molecule has 0 aliphatic carbocycles. The van der Waals surface area contributed by atoms with Crippen LogP contribution in [0.2, 0.25) is 0 Å². The second-order valence-electron chi connectivity index (χ2n) is 7.79. The lowest BCUT2D eigenvalue weighted by Crippen LogP contribution is -2.62. The molecule has 1 N–H and O–H groups in total. The van der Waals surface area contributed by atoms with Gasteiger partial charge in [-0.2, -0.15) is 0 Å². The summed E-state index contributed by atoms with van der Waals surface area (Å²) in [4.78, 5) is 17.6.